The molecule has 1 aliphatic rings. The fourth-order valence-electron chi connectivity index (χ4n) is 1.67. The van der Waals surface area contributed by atoms with E-state index in [9.17, 15) is 20.1 Å². The van der Waals surface area contributed by atoms with E-state index in [1.807, 2.05) is 0 Å². The number of rotatable bonds is 0. The molecule has 1 aromatic rings. The first-order valence-corrected chi connectivity index (χ1v) is 5.00. The number of esters is 1. The molecule has 5 nitrogen and oxygen atoms in total. The van der Waals surface area contributed by atoms with Crippen molar-refractivity contribution in [2.45, 2.75) is 18.4 Å². The van der Waals surface area contributed by atoms with Gasteiger partial charge in [-0.2, -0.15) is 0 Å². The van der Waals surface area contributed by atoms with Gasteiger partial charge in [0.05, 0.1) is 5.38 Å². The molecule has 86 valence electrons. The first kappa shape index (κ1) is 10.9. The van der Waals surface area contributed by atoms with Crippen molar-refractivity contribution in [3.05, 3.63) is 17.2 Å². The summed E-state index contributed by atoms with van der Waals surface area (Å²) in [6.07, 6.45) is -0.645. The molecule has 6 heteroatoms. The van der Waals surface area contributed by atoms with Crippen LogP contribution in [0.4, 0.5) is 0 Å². The van der Waals surface area contributed by atoms with E-state index in [4.69, 9.17) is 16.3 Å². The van der Waals surface area contributed by atoms with Gasteiger partial charge in [0.1, 0.15) is 17.4 Å². The van der Waals surface area contributed by atoms with E-state index >= 15 is 0 Å². The van der Waals surface area contributed by atoms with E-state index in [0.29, 0.717) is 0 Å². The number of benzene rings is 1. The third kappa shape index (κ3) is 1.36. The third-order valence-electron chi connectivity index (χ3n) is 2.48. The largest absolute Gasteiger partial charge is 0.507 e. The summed E-state index contributed by atoms with van der Waals surface area (Å²) in [4.78, 5) is 11.5. The van der Waals surface area contributed by atoms with Crippen LogP contribution in [0.5, 0.6) is 17.2 Å². The quantitative estimate of drug-likeness (QED) is 0.280. The highest BCUT2D eigenvalue weighted by atomic mass is 35.5. The molecule has 16 heavy (non-hydrogen) atoms. The second kappa shape index (κ2) is 3.45. The summed E-state index contributed by atoms with van der Waals surface area (Å²) in [5.74, 6) is -2.26. The average molecular weight is 245 g/mol. The van der Waals surface area contributed by atoms with Crippen molar-refractivity contribution in [1.82, 2.24) is 0 Å². The molecule has 0 saturated heterocycles. The minimum Gasteiger partial charge on any atom is -0.507 e. The first-order chi connectivity index (χ1) is 7.43. The molecule has 0 amide bonds. The Morgan fingerprint density at radius 3 is 2.56 bits per heavy atom. The summed E-state index contributed by atoms with van der Waals surface area (Å²) < 4.78 is 4.88. The Morgan fingerprint density at radius 1 is 1.31 bits per heavy atom. The molecule has 0 unspecified atom stereocenters. The Kier molecular flexibility index (Phi) is 2.35. The lowest BCUT2D eigenvalue weighted by Gasteiger charge is -2.27. The Balaban J connectivity index is 2.76. The van der Waals surface area contributed by atoms with Gasteiger partial charge < -0.3 is 20.1 Å². The standard InChI is InChI=1S/C10H9ClO5/c1-3-8(11)7-6(10(15)16-3)4(12)2-5(13)9(7)14/h2-3,8,12-14H,1H3/t3-,8+/m1/s1. The monoisotopic (exact) mass is 244 g/mol. The van der Waals surface area contributed by atoms with E-state index in [0.717, 1.165) is 6.07 Å². The predicted octanol–water partition coefficient (Wildman–Crippen LogP) is 1.64. The van der Waals surface area contributed by atoms with Gasteiger partial charge >= 0.3 is 5.97 Å². The van der Waals surface area contributed by atoms with Crippen molar-refractivity contribution >= 4 is 17.6 Å². The van der Waals surface area contributed by atoms with Crippen molar-refractivity contribution < 1.29 is 24.9 Å². The van der Waals surface area contributed by atoms with Crippen LogP contribution >= 0.6 is 11.6 Å². The van der Waals surface area contributed by atoms with E-state index < -0.39 is 34.7 Å². The molecule has 2 rings (SSSR count). The number of carbonyl (C=O) groups excluding carboxylic acids is 1. The zero-order valence-electron chi connectivity index (χ0n) is 8.27. The molecule has 0 aromatic heterocycles. The number of fused-ring (bicyclic) bond motifs is 1. The molecule has 0 saturated carbocycles. The molecular weight excluding hydrogens is 236 g/mol. The van der Waals surface area contributed by atoms with Crippen molar-refractivity contribution in [3.8, 4) is 17.2 Å². The number of alkyl halides is 1. The highest BCUT2D eigenvalue weighted by Gasteiger charge is 2.37. The van der Waals surface area contributed by atoms with Crippen LogP contribution in [0.25, 0.3) is 0 Å². The highest BCUT2D eigenvalue weighted by molar-refractivity contribution is 6.23. The molecule has 1 aliphatic heterocycles. The summed E-state index contributed by atoms with van der Waals surface area (Å²) in [7, 11) is 0. The predicted molar refractivity (Wildman–Crippen MR) is 54.9 cm³/mol. The van der Waals surface area contributed by atoms with Crippen LogP contribution in [0.15, 0.2) is 6.07 Å². The van der Waals surface area contributed by atoms with Crippen molar-refractivity contribution in [3.63, 3.8) is 0 Å². The number of cyclic esters (lactones) is 1. The van der Waals surface area contributed by atoms with Crippen LogP contribution in [0.1, 0.15) is 28.2 Å². The summed E-state index contributed by atoms with van der Waals surface area (Å²) in [6, 6.07) is 0.870. The summed E-state index contributed by atoms with van der Waals surface area (Å²) in [5, 5.41) is 27.6. The molecule has 3 N–H and O–H groups in total. The number of halogens is 1. The van der Waals surface area contributed by atoms with E-state index in [2.05, 4.69) is 0 Å². The lowest BCUT2D eigenvalue weighted by atomic mass is 9.96. The SMILES string of the molecule is C[C@H]1OC(=O)c2c(O)cc(O)c(O)c2[C@H]1Cl. The van der Waals surface area contributed by atoms with Gasteiger partial charge in [-0.15, -0.1) is 11.6 Å². The van der Waals surface area contributed by atoms with E-state index in [1.165, 1.54) is 0 Å². The maximum atomic E-state index is 11.5. The van der Waals surface area contributed by atoms with E-state index in [-0.39, 0.29) is 11.1 Å². The molecule has 1 heterocycles. The second-order valence-corrected chi connectivity index (χ2v) is 4.03. The smallest absolute Gasteiger partial charge is 0.342 e. The van der Waals surface area contributed by atoms with Gasteiger partial charge in [0.25, 0.3) is 0 Å². The second-order valence-electron chi connectivity index (χ2n) is 3.56. The number of carbonyl (C=O) groups is 1. The Morgan fingerprint density at radius 2 is 1.94 bits per heavy atom. The molecule has 0 radical (unpaired) electrons. The fraction of sp³-hybridized carbons (Fsp3) is 0.300. The average Bonchev–Trinajstić information content (AvgIpc) is 2.20. The van der Waals surface area contributed by atoms with Crippen LogP contribution in [-0.2, 0) is 4.74 Å². The number of aromatic hydroxyl groups is 3. The molecule has 0 bridgehead atoms. The molecule has 0 fully saturated rings. The highest BCUT2D eigenvalue weighted by Crippen LogP contribution is 2.47. The number of phenolic OH excluding ortho intramolecular Hbond substituents is 3. The van der Waals surface area contributed by atoms with Crippen LogP contribution in [0, 0.1) is 0 Å². The van der Waals surface area contributed by atoms with Gasteiger partial charge in [-0.05, 0) is 6.92 Å². The van der Waals surface area contributed by atoms with Gasteiger partial charge in [-0.3, -0.25) is 0 Å². The summed E-state index contributed by atoms with van der Waals surface area (Å²) in [6.45, 7) is 1.55. The molecule has 1 aromatic carbocycles. The molecule has 0 spiro atoms. The Labute approximate surface area is 95.8 Å². The zero-order valence-corrected chi connectivity index (χ0v) is 9.02. The lowest BCUT2D eigenvalue weighted by Crippen LogP contribution is -2.27. The van der Waals surface area contributed by atoms with Gasteiger partial charge in [0.2, 0.25) is 0 Å². The van der Waals surface area contributed by atoms with Gasteiger partial charge in [-0.25, -0.2) is 4.79 Å². The van der Waals surface area contributed by atoms with E-state index in [1.54, 1.807) is 6.92 Å². The maximum absolute atomic E-state index is 11.5. The van der Waals surface area contributed by atoms with Crippen LogP contribution in [-0.4, -0.2) is 27.4 Å². The Hall–Kier alpha value is -1.62. The van der Waals surface area contributed by atoms with Gasteiger partial charge in [-0.1, -0.05) is 0 Å². The van der Waals surface area contributed by atoms with Crippen LogP contribution in [0.3, 0.4) is 0 Å². The zero-order chi connectivity index (χ0) is 12.0. The first-order valence-electron chi connectivity index (χ1n) is 4.56. The number of hydrogen-bond donors (Lipinski definition) is 3. The summed E-state index contributed by atoms with van der Waals surface area (Å²) >= 11 is 5.95. The normalized spacial score (nSPS) is 23.8. The number of ether oxygens (including phenoxy) is 1. The van der Waals surface area contributed by atoms with Gasteiger partial charge in [0.15, 0.2) is 11.5 Å². The number of phenols is 3. The maximum Gasteiger partial charge on any atom is 0.342 e. The minimum absolute atomic E-state index is 0.00270. The lowest BCUT2D eigenvalue weighted by molar-refractivity contribution is 0.0280. The number of hydrogen-bond acceptors (Lipinski definition) is 5. The fourth-order valence-corrected chi connectivity index (χ4v) is 1.93. The third-order valence-corrected chi connectivity index (χ3v) is 3.05. The molecular formula is C10H9ClO5. The topological polar surface area (TPSA) is 87.0 Å². The van der Waals surface area contributed by atoms with Crippen molar-refractivity contribution in [2.75, 3.05) is 0 Å². The minimum atomic E-state index is -0.814. The summed E-state index contributed by atoms with van der Waals surface area (Å²) in [5.41, 5.74) is -0.198. The van der Waals surface area contributed by atoms with Crippen LogP contribution in [0.2, 0.25) is 0 Å². The molecule has 0 aliphatic carbocycles. The van der Waals surface area contributed by atoms with Crippen molar-refractivity contribution in [2.24, 2.45) is 0 Å². The van der Waals surface area contributed by atoms with Crippen LogP contribution < -0.4 is 0 Å². The molecule has 2 atom stereocenters. The Bertz CT molecular complexity index is 471. The van der Waals surface area contributed by atoms with Crippen molar-refractivity contribution in [1.29, 1.82) is 0 Å². The van der Waals surface area contributed by atoms with Gasteiger partial charge in [0, 0.05) is 11.6 Å².